The molecule has 0 radical (unpaired) electrons. The lowest BCUT2D eigenvalue weighted by Crippen LogP contribution is -2.22. The molecule has 1 heterocycles. The highest BCUT2D eigenvalue weighted by molar-refractivity contribution is 6.12. The summed E-state index contributed by atoms with van der Waals surface area (Å²) in [6.45, 7) is 1.83. The first-order chi connectivity index (χ1) is 16.1. The summed E-state index contributed by atoms with van der Waals surface area (Å²) in [5, 5.41) is 2.95. The molecule has 0 spiro atoms. The Morgan fingerprint density at radius 2 is 1.79 bits per heavy atom. The Balaban J connectivity index is 1.82. The molecule has 6 nitrogen and oxygen atoms in total. The van der Waals surface area contributed by atoms with Gasteiger partial charge in [0.05, 0.1) is 29.1 Å². The smallest absolute Gasteiger partial charge is 0.416 e. The van der Waals surface area contributed by atoms with Crippen molar-refractivity contribution in [3.63, 3.8) is 0 Å². The molecule has 0 fully saturated rings. The first kappa shape index (κ1) is 23.0. The zero-order valence-corrected chi connectivity index (χ0v) is 18.5. The van der Waals surface area contributed by atoms with Gasteiger partial charge >= 0.3 is 6.18 Å². The molecule has 9 heteroatoms. The van der Waals surface area contributed by atoms with Gasteiger partial charge in [0, 0.05) is 18.3 Å². The van der Waals surface area contributed by atoms with Crippen molar-refractivity contribution in [2.75, 3.05) is 12.4 Å². The molecular weight excluding hydrogens is 447 g/mol. The zero-order chi connectivity index (χ0) is 24.6. The largest absolute Gasteiger partial charge is 0.496 e. The van der Waals surface area contributed by atoms with Crippen LogP contribution in [0.5, 0.6) is 5.75 Å². The number of aromatic nitrogens is 2. The minimum Gasteiger partial charge on any atom is -0.496 e. The fourth-order valence-electron chi connectivity index (χ4n) is 3.72. The van der Waals surface area contributed by atoms with Crippen LogP contribution in [-0.4, -0.2) is 22.6 Å². The number of alkyl halides is 3. The lowest BCUT2D eigenvalue weighted by atomic mass is 10.1. The second-order valence-electron chi connectivity index (χ2n) is 7.72. The maximum atomic E-state index is 13.2. The van der Waals surface area contributed by atoms with Crippen molar-refractivity contribution in [3.8, 4) is 17.1 Å². The molecule has 0 saturated carbocycles. The van der Waals surface area contributed by atoms with E-state index in [1.165, 1.54) is 35.9 Å². The molecule has 4 rings (SSSR count). The van der Waals surface area contributed by atoms with Gasteiger partial charge in [0.15, 0.2) is 0 Å². The van der Waals surface area contributed by atoms with Crippen LogP contribution in [0.15, 0.2) is 65.5 Å². The van der Waals surface area contributed by atoms with Crippen molar-refractivity contribution >= 4 is 22.5 Å². The van der Waals surface area contributed by atoms with Crippen LogP contribution in [-0.2, 0) is 13.2 Å². The average Bonchev–Trinajstić information content (AvgIpc) is 2.80. The van der Waals surface area contributed by atoms with E-state index < -0.39 is 23.2 Å². The van der Waals surface area contributed by atoms with Gasteiger partial charge in [-0.25, -0.2) is 4.98 Å². The third-order valence-corrected chi connectivity index (χ3v) is 5.45. The van der Waals surface area contributed by atoms with Gasteiger partial charge in [-0.2, -0.15) is 13.2 Å². The molecule has 0 unspecified atom stereocenters. The Morgan fingerprint density at radius 3 is 2.47 bits per heavy atom. The minimum absolute atomic E-state index is 0.0177. The number of carbonyl (C=O) groups excluding carboxylic acids is 1. The fourth-order valence-corrected chi connectivity index (χ4v) is 3.72. The molecule has 0 atom stereocenters. The number of rotatable bonds is 4. The molecule has 1 amide bonds. The normalized spacial score (nSPS) is 11.5. The molecule has 0 saturated heterocycles. The van der Waals surface area contributed by atoms with E-state index in [9.17, 15) is 22.8 Å². The van der Waals surface area contributed by atoms with Crippen LogP contribution >= 0.6 is 0 Å². The number of fused-ring (bicyclic) bond motifs is 1. The van der Waals surface area contributed by atoms with Gasteiger partial charge in [-0.15, -0.1) is 0 Å². The number of carbonyl (C=O) groups is 1. The molecule has 0 aliphatic rings. The number of ether oxygens (including phenoxy) is 1. The molecular formula is C25H20F3N3O3. The van der Waals surface area contributed by atoms with E-state index >= 15 is 0 Å². The Labute approximate surface area is 192 Å². The van der Waals surface area contributed by atoms with E-state index in [-0.39, 0.29) is 27.9 Å². The number of amides is 1. The third kappa shape index (κ3) is 4.24. The van der Waals surface area contributed by atoms with E-state index in [1.807, 2.05) is 6.92 Å². The maximum absolute atomic E-state index is 13.2. The number of hydrogen-bond donors (Lipinski definition) is 1. The minimum atomic E-state index is -4.55. The number of para-hydroxylation sites is 1. The SMILES string of the molecule is COc1ccc(NC(=O)c2cccc3c(=O)n(C)c(-c4cccc(C(F)(F)F)c4)nc23)cc1C. The van der Waals surface area contributed by atoms with Crippen molar-refractivity contribution in [1.82, 2.24) is 9.55 Å². The highest BCUT2D eigenvalue weighted by atomic mass is 19.4. The predicted octanol–water partition coefficient (Wildman–Crippen LogP) is 5.19. The van der Waals surface area contributed by atoms with E-state index in [1.54, 1.807) is 31.4 Å². The Bertz CT molecular complexity index is 1480. The van der Waals surface area contributed by atoms with Crippen LogP contribution in [0.1, 0.15) is 21.5 Å². The molecule has 4 aromatic rings. The molecule has 1 aromatic heterocycles. The van der Waals surface area contributed by atoms with Gasteiger partial charge in [-0.3, -0.25) is 14.2 Å². The van der Waals surface area contributed by atoms with Crippen molar-refractivity contribution in [3.05, 3.63) is 87.7 Å². The van der Waals surface area contributed by atoms with Gasteiger partial charge in [-0.1, -0.05) is 18.2 Å². The van der Waals surface area contributed by atoms with E-state index in [0.29, 0.717) is 11.4 Å². The summed E-state index contributed by atoms with van der Waals surface area (Å²) in [4.78, 5) is 30.5. The lowest BCUT2D eigenvalue weighted by Gasteiger charge is -2.14. The quantitative estimate of drug-likeness (QED) is 0.449. The first-order valence-electron chi connectivity index (χ1n) is 10.2. The van der Waals surface area contributed by atoms with E-state index in [4.69, 9.17) is 4.74 Å². The number of nitrogens with one attached hydrogen (secondary N) is 1. The average molecular weight is 467 g/mol. The van der Waals surface area contributed by atoms with Crippen LogP contribution in [0, 0.1) is 6.92 Å². The standard InChI is InChI=1S/C25H20F3N3O3/c1-14-12-17(10-11-20(14)34-3)29-23(32)18-8-5-9-19-21(18)30-22(31(2)24(19)33)15-6-4-7-16(13-15)25(26,27)28/h4-13H,1-3H3,(H,29,32). The lowest BCUT2D eigenvalue weighted by molar-refractivity contribution is -0.137. The Kier molecular flexibility index (Phi) is 5.87. The molecule has 174 valence electrons. The molecule has 1 N–H and O–H groups in total. The summed E-state index contributed by atoms with van der Waals surface area (Å²) in [5.74, 6) is 0.175. The third-order valence-electron chi connectivity index (χ3n) is 5.45. The fraction of sp³-hybridized carbons (Fsp3) is 0.160. The number of aryl methyl sites for hydroxylation is 1. The Hall–Kier alpha value is -4.14. The summed E-state index contributed by atoms with van der Waals surface area (Å²) in [6.07, 6.45) is -4.55. The van der Waals surface area contributed by atoms with Crippen LogP contribution in [0.3, 0.4) is 0 Å². The molecule has 0 aliphatic heterocycles. The second-order valence-corrected chi connectivity index (χ2v) is 7.72. The Morgan fingerprint density at radius 1 is 1.06 bits per heavy atom. The van der Waals surface area contributed by atoms with Crippen LogP contribution in [0.25, 0.3) is 22.3 Å². The van der Waals surface area contributed by atoms with Crippen LogP contribution < -0.4 is 15.6 Å². The molecule has 0 bridgehead atoms. The number of hydrogen-bond acceptors (Lipinski definition) is 4. The monoisotopic (exact) mass is 467 g/mol. The summed E-state index contributed by atoms with van der Waals surface area (Å²) < 4.78 is 46.1. The second kappa shape index (κ2) is 8.66. The van der Waals surface area contributed by atoms with E-state index in [2.05, 4.69) is 10.3 Å². The summed E-state index contributed by atoms with van der Waals surface area (Å²) in [7, 11) is 2.97. The maximum Gasteiger partial charge on any atom is 0.416 e. The number of methoxy groups -OCH3 is 1. The van der Waals surface area contributed by atoms with Gasteiger partial charge in [0.1, 0.15) is 11.6 Å². The summed E-state index contributed by atoms with van der Waals surface area (Å²) in [6, 6.07) is 14.3. The van der Waals surface area contributed by atoms with Crippen molar-refractivity contribution in [2.45, 2.75) is 13.1 Å². The van der Waals surface area contributed by atoms with Crippen molar-refractivity contribution < 1.29 is 22.7 Å². The number of anilines is 1. The van der Waals surface area contributed by atoms with Crippen molar-refractivity contribution in [2.24, 2.45) is 7.05 Å². The first-order valence-corrected chi connectivity index (χ1v) is 10.2. The topological polar surface area (TPSA) is 73.2 Å². The summed E-state index contributed by atoms with van der Waals surface area (Å²) >= 11 is 0. The van der Waals surface area contributed by atoms with Gasteiger partial charge in [0.25, 0.3) is 11.5 Å². The van der Waals surface area contributed by atoms with Gasteiger partial charge in [0.2, 0.25) is 0 Å². The molecule has 0 aliphatic carbocycles. The molecule has 34 heavy (non-hydrogen) atoms. The molecule has 3 aromatic carbocycles. The van der Waals surface area contributed by atoms with Gasteiger partial charge in [-0.05, 0) is 55.0 Å². The van der Waals surface area contributed by atoms with Crippen LogP contribution in [0.4, 0.5) is 18.9 Å². The van der Waals surface area contributed by atoms with E-state index in [0.717, 1.165) is 17.7 Å². The highest BCUT2D eigenvalue weighted by Gasteiger charge is 2.31. The number of nitrogens with zero attached hydrogens (tertiary/aromatic N) is 2. The highest BCUT2D eigenvalue weighted by Crippen LogP contribution is 2.32. The zero-order valence-electron chi connectivity index (χ0n) is 18.5. The number of benzene rings is 3. The van der Waals surface area contributed by atoms with Crippen molar-refractivity contribution in [1.29, 1.82) is 0 Å². The van der Waals surface area contributed by atoms with Crippen LogP contribution in [0.2, 0.25) is 0 Å². The van der Waals surface area contributed by atoms with Gasteiger partial charge < -0.3 is 10.1 Å². The summed E-state index contributed by atoms with van der Waals surface area (Å²) in [5.41, 5.74) is 0.321. The number of halogens is 3. The predicted molar refractivity (Wildman–Crippen MR) is 123 cm³/mol.